The molecule has 0 aliphatic carbocycles. The summed E-state index contributed by atoms with van der Waals surface area (Å²) in [5.41, 5.74) is -0.390. The Balaban J connectivity index is 2.08. The highest BCUT2D eigenvalue weighted by Crippen LogP contribution is 2.24. The molecule has 0 spiro atoms. The standard InChI is InChI=1S/C17H18N6O4S2/c1-9(2)22-15-11(16(24)23(10(3)4)17(22)25)8-21(18-15)29(26,27)13-7-5-6-12-14(13)20-28-19-12/h5-10H,1-4H3. The zero-order valence-electron chi connectivity index (χ0n) is 16.1. The number of rotatable bonds is 4. The van der Waals surface area contributed by atoms with E-state index >= 15 is 0 Å². The zero-order valence-corrected chi connectivity index (χ0v) is 17.7. The number of hydrogen-bond donors (Lipinski definition) is 0. The van der Waals surface area contributed by atoms with Gasteiger partial charge in [-0.1, -0.05) is 6.07 Å². The number of hydrogen-bond acceptors (Lipinski definition) is 8. The summed E-state index contributed by atoms with van der Waals surface area (Å²) in [6.07, 6.45) is 1.16. The summed E-state index contributed by atoms with van der Waals surface area (Å²) in [7, 11) is -4.16. The normalized spacial score (nSPS) is 12.6. The fraction of sp³-hybridized carbons (Fsp3) is 0.353. The van der Waals surface area contributed by atoms with Crippen molar-refractivity contribution in [3.63, 3.8) is 0 Å². The Labute approximate surface area is 169 Å². The van der Waals surface area contributed by atoms with E-state index in [-0.39, 0.29) is 33.5 Å². The van der Waals surface area contributed by atoms with Crippen molar-refractivity contribution in [2.45, 2.75) is 44.7 Å². The van der Waals surface area contributed by atoms with Gasteiger partial charge in [-0.25, -0.2) is 4.79 Å². The molecule has 0 saturated heterocycles. The number of fused-ring (bicyclic) bond motifs is 2. The van der Waals surface area contributed by atoms with Crippen LogP contribution in [0.3, 0.4) is 0 Å². The maximum Gasteiger partial charge on any atom is 0.333 e. The predicted octanol–water partition coefficient (Wildman–Crippen LogP) is 1.76. The SMILES string of the molecule is CC(C)n1c(=O)c2cn(S(=O)(=O)c3cccc4nsnc34)nc2n(C(C)C)c1=O. The van der Waals surface area contributed by atoms with Gasteiger partial charge in [0.2, 0.25) is 0 Å². The minimum Gasteiger partial charge on any atom is -0.273 e. The molecule has 4 aromatic rings. The van der Waals surface area contributed by atoms with Crippen molar-refractivity contribution in [3.8, 4) is 0 Å². The third-order valence-corrected chi connectivity index (χ3v) is 6.68. The van der Waals surface area contributed by atoms with E-state index in [9.17, 15) is 18.0 Å². The maximum absolute atomic E-state index is 13.3. The average Bonchev–Trinajstić information content (AvgIpc) is 3.28. The summed E-state index contributed by atoms with van der Waals surface area (Å²) in [6.45, 7) is 6.98. The van der Waals surface area contributed by atoms with Crippen molar-refractivity contribution in [3.05, 3.63) is 45.2 Å². The molecular weight excluding hydrogens is 416 g/mol. The quantitative estimate of drug-likeness (QED) is 0.480. The van der Waals surface area contributed by atoms with Crippen LogP contribution in [0.4, 0.5) is 0 Å². The van der Waals surface area contributed by atoms with Gasteiger partial charge < -0.3 is 0 Å². The molecule has 3 aromatic heterocycles. The molecule has 3 heterocycles. The highest BCUT2D eigenvalue weighted by molar-refractivity contribution is 7.90. The van der Waals surface area contributed by atoms with E-state index in [4.69, 9.17) is 0 Å². The minimum atomic E-state index is -4.16. The van der Waals surface area contributed by atoms with Gasteiger partial charge in [0, 0.05) is 12.1 Å². The molecule has 29 heavy (non-hydrogen) atoms. The van der Waals surface area contributed by atoms with E-state index in [2.05, 4.69) is 13.8 Å². The summed E-state index contributed by atoms with van der Waals surface area (Å²) in [6, 6.07) is 3.92. The summed E-state index contributed by atoms with van der Waals surface area (Å²) in [5.74, 6) is 0. The van der Waals surface area contributed by atoms with Gasteiger partial charge in [0.15, 0.2) is 5.65 Å². The van der Waals surface area contributed by atoms with Gasteiger partial charge in [0.05, 0.1) is 17.9 Å². The minimum absolute atomic E-state index is 0.0269. The molecule has 0 saturated carbocycles. The third-order valence-electron chi connectivity index (χ3n) is 4.57. The van der Waals surface area contributed by atoms with Gasteiger partial charge in [0.25, 0.3) is 15.6 Å². The zero-order chi connectivity index (χ0) is 21.1. The second kappa shape index (κ2) is 6.59. The van der Waals surface area contributed by atoms with Crippen LogP contribution < -0.4 is 11.2 Å². The lowest BCUT2D eigenvalue weighted by molar-refractivity contribution is 0.486. The number of aromatic nitrogens is 6. The Kier molecular flexibility index (Phi) is 4.42. The van der Waals surface area contributed by atoms with E-state index in [0.29, 0.717) is 5.52 Å². The summed E-state index contributed by atoms with van der Waals surface area (Å²) in [4.78, 5) is 25.7. The van der Waals surface area contributed by atoms with Crippen LogP contribution >= 0.6 is 11.7 Å². The molecule has 0 radical (unpaired) electrons. The fourth-order valence-electron chi connectivity index (χ4n) is 3.23. The largest absolute Gasteiger partial charge is 0.333 e. The molecule has 0 atom stereocenters. The summed E-state index contributed by atoms with van der Waals surface area (Å²) >= 11 is 0.906. The molecule has 152 valence electrons. The average molecular weight is 435 g/mol. The molecule has 0 fully saturated rings. The van der Waals surface area contributed by atoms with Gasteiger partial charge in [-0.3, -0.25) is 13.9 Å². The van der Waals surface area contributed by atoms with E-state index in [1.165, 1.54) is 10.6 Å². The van der Waals surface area contributed by atoms with Crippen molar-refractivity contribution in [1.29, 1.82) is 0 Å². The van der Waals surface area contributed by atoms with Crippen LogP contribution in [0.5, 0.6) is 0 Å². The van der Waals surface area contributed by atoms with Gasteiger partial charge in [-0.05, 0) is 39.8 Å². The second-order valence-corrected chi connectivity index (χ2v) is 9.44. The monoisotopic (exact) mass is 434 g/mol. The van der Waals surface area contributed by atoms with Gasteiger partial charge in [-0.15, -0.1) is 5.10 Å². The fourth-order valence-corrected chi connectivity index (χ4v) is 5.11. The first-order chi connectivity index (χ1) is 13.6. The smallest absolute Gasteiger partial charge is 0.273 e. The Bertz CT molecular complexity index is 1470. The van der Waals surface area contributed by atoms with Gasteiger partial charge in [0.1, 0.15) is 21.3 Å². The lowest BCUT2D eigenvalue weighted by Gasteiger charge is -2.15. The molecule has 1 aromatic carbocycles. The van der Waals surface area contributed by atoms with E-state index < -0.39 is 21.3 Å². The molecule has 0 bridgehead atoms. The van der Waals surface area contributed by atoms with Crippen molar-refractivity contribution in [2.24, 2.45) is 0 Å². The summed E-state index contributed by atoms with van der Waals surface area (Å²) < 4.78 is 37.8. The number of benzene rings is 1. The summed E-state index contributed by atoms with van der Waals surface area (Å²) in [5, 5.41) is 4.18. The van der Waals surface area contributed by atoms with E-state index in [1.54, 1.807) is 39.8 Å². The molecular formula is C17H18N6O4S2. The second-order valence-electron chi connectivity index (χ2n) is 7.15. The van der Waals surface area contributed by atoms with Crippen LogP contribution in [-0.2, 0) is 10.0 Å². The molecule has 0 amide bonds. The van der Waals surface area contributed by atoms with Crippen LogP contribution in [0.25, 0.3) is 22.1 Å². The van der Waals surface area contributed by atoms with Crippen molar-refractivity contribution in [2.75, 3.05) is 0 Å². The lowest BCUT2D eigenvalue weighted by Crippen LogP contribution is -2.41. The lowest BCUT2D eigenvalue weighted by atomic mass is 10.3. The maximum atomic E-state index is 13.3. The van der Waals surface area contributed by atoms with Gasteiger partial charge in [-0.2, -0.15) is 21.3 Å². The highest BCUT2D eigenvalue weighted by Gasteiger charge is 2.26. The van der Waals surface area contributed by atoms with Crippen LogP contribution in [0.1, 0.15) is 39.8 Å². The third kappa shape index (κ3) is 2.82. The van der Waals surface area contributed by atoms with Crippen molar-refractivity contribution >= 4 is 43.8 Å². The highest BCUT2D eigenvalue weighted by atomic mass is 32.2. The molecule has 0 unspecified atom stereocenters. The first-order valence-electron chi connectivity index (χ1n) is 8.88. The predicted molar refractivity (Wildman–Crippen MR) is 109 cm³/mol. The Hall–Kier alpha value is -2.86. The Morgan fingerprint density at radius 1 is 1.00 bits per heavy atom. The van der Waals surface area contributed by atoms with Crippen molar-refractivity contribution < 1.29 is 8.42 Å². The Morgan fingerprint density at radius 3 is 2.34 bits per heavy atom. The van der Waals surface area contributed by atoms with Crippen LogP contribution in [-0.4, -0.2) is 35.5 Å². The molecule has 10 nitrogen and oxygen atoms in total. The molecule has 0 N–H and O–H groups in total. The molecule has 0 aliphatic rings. The van der Waals surface area contributed by atoms with E-state index in [1.807, 2.05) is 0 Å². The Morgan fingerprint density at radius 2 is 1.69 bits per heavy atom. The van der Waals surface area contributed by atoms with E-state index in [0.717, 1.165) is 26.6 Å². The number of nitrogens with zero attached hydrogens (tertiary/aromatic N) is 6. The van der Waals surface area contributed by atoms with Crippen LogP contribution in [0.15, 0.2) is 38.9 Å². The van der Waals surface area contributed by atoms with Gasteiger partial charge >= 0.3 is 5.69 Å². The van der Waals surface area contributed by atoms with Crippen LogP contribution in [0, 0.1) is 0 Å². The van der Waals surface area contributed by atoms with Crippen molar-refractivity contribution in [1.82, 2.24) is 27.1 Å². The first-order valence-corrected chi connectivity index (χ1v) is 11.0. The van der Waals surface area contributed by atoms with Crippen LogP contribution in [0.2, 0.25) is 0 Å². The first kappa shape index (κ1) is 19.5. The molecule has 12 heteroatoms. The topological polar surface area (TPSA) is 122 Å². The molecule has 0 aliphatic heterocycles. The molecule has 4 rings (SSSR count).